The van der Waals surface area contributed by atoms with Gasteiger partial charge < -0.3 is 18.8 Å². The highest BCUT2D eigenvalue weighted by Crippen LogP contribution is 2.30. The number of hydrogen-bond donors (Lipinski definition) is 0. The van der Waals surface area contributed by atoms with Crippen molar-refractivity contribution in [2.75, 3.05) is 13.7 Å². The van der Waals surface area contributed by atoms with Crippen LogP contribution in [0, 0.1) is 6.92 Å². The number of benzene rings is 1. The van der Waals surface area contributed by atoms with Crippen molar-refractivity contribution in [2.45, 2.75) is 27.3 Å². The van der Waals surface area contributed by atoms with Crippen molar-refractivity contribution in [3.05, 3.63) is 47.3 Å². The van der Waals surface area contributed by atoms with E-state index in [1.54, 1.807) is 13.0 Å². The molecule has 0 aliphatic heterocycles. The molecule has 0 saturated carbocycles. The highest BCUT2D eigenvalue weighted by molar-refractivity contribution is 5.96. The van der Waals surface area contributed by atoms with E-state index in [1.165, 1.54) is 17.7 Å². The molecule has 1 aromatic carbocycles. The Morgan fingerprint density at radius 3 is 2.46 bits per heavy atom. The smallest absolute Gasteiger partial charge is 0.358 e. The second-order valence-corrected chi connectivity index (χ2v) is 5.12. The Morgan fingerprint density at radius 2 is 1.88 bits per heavy atom. The van der Waals surface area contributed by atoms with Crippen molar-refractivity contribution < 1.29 is 23.8 Å². The second-order valence-electron chi connectivity index (χ2n) is 5.12. The molecule has 6 nitrogen and oxygen atoms in total. The Labute approximate surface area is 140 Å². The standard InChI is InChI=1S/C18H21NO5/c1-5-19-14(17(20)22-4)11-15(16(19)18(21)23-6-2)24-13-9-7-8-12(3)10-13/h7-11H,5-6H2,1-4H3. The van der Waals surface area contributed by atoms with E-state index in [1.807, 2.05) is 32.0 Å². The van der Waals surface area contributed by atoms with Gasteiger partial charge in [0, 0.05) is 12.6 Å². The molecular formula is C18H21NO5. The first kappa shape index (κ1) is 17.6. The molecule has 0 spiro atoms. The molecule has 1 heterocycles. The number of hydrogen-bond acceptors (Lipinski definition) is 5. The fourth-order valence-corrected chi connectivity index (χ4v) is 2.42. The normalized spacial score (nSPS) is 10.3. The first-order valence-corrected chi connectivity index (χ1v) is 7.75. The summed E-state index contributed by atoms with van der Waals surface area (Å²) in [5.74, 6) is -0.245. The summed E-state index contributed by atoms with van der Waals surface area (Å²) >= 11 is 0. The lowest BCUT2D eigenvalue weighted by atomic mass is 10.2. The predicted molar refractivity (Wildman–Crippen MR) is 88.7 cm³/mol. The summed E-state index contributed by atoms with van der Waals surface area (Å²) in [6.45, 7) is 6.11. The van der Waals surface area contributed by atoms with E-state index < -0.39 is 11.9 Å². The van der Waals surface area contributed by atoms with Crippen molar-refractivity contribution in [1.29, 1.82) is 0 Å². The van der Waals surface area contributed by atoms with E-state index in [0.29, 0.717) is 12.3 Å². The molecule has 6 heteroatoms. The topological polar surface area (TPSA) is 66.8 Å². The summed E-state index contributed by atoms with van der Waals surface area (Å²) in [5, 5.41) is 0. The quantitative estimate of drug-likeness (QED) is 0.757. The molecular weight excluding hydrogens is 310 g/mol. The summed E-state index contributed by atoms with van der Waals surface area (Å²) in [7, 11) is 1.29. The van der Waals surface area contributed by atoms with Crippen LogP contribution in [-0.4, -0.2) is 30.2 Å². The molecule has 1 aromatic heterocycles. The maximum Gasteiger partial charge on any atom is 0.358 e. The zero-order valence-corrected chi connectivity index (χ0v) is 14.3. The summed E-state index contributed by atoms with van der Waals surface area (Å²) in [5.41, 5.74) is 1.46. The summed E-state index contributed by atoms with van der Waals surface area (Å²) in [6, 6.07) is 8.92. The summed E-state index contributed by atoms with van der Waals surface area (Å²) in [6.07, 6.45) is 0. The summed E-state index contributed by atoms with van der Waals surface area (Å²) in [4.78, 5) is 24.3. The Kier molecular flexibility index (Phi) is 5.63. The van der Waals surface area contributed by atoms with Gasteiger partial charge >= 0.3 is 11.9 Å². The molecule has 0 atom stereocenters. The maximum atomic E-state index is 12.4. The van der Waals surface area contributed by atoms with E-state index in [9.17, 15) is 9.59 Å². The van der Waals surface area contributed by atoms with Crippen LogP contribution in [0.3, 0.4) is 0 Å². The minimum Gasteiger partial charge on any atom is -0.464 e. The molecule has 0 N–H and O–H groups in total. The molecule has 128 valence electrons. The van der Waals surface area contributed by atoms with Gasteiger partial charge in [0.2, 0.25) is 0 Å². The van der Waals surface area contributed by atoms with E-state index in [4.69, 9.17) is 14.2 Å². The average Bonchev–Trinajstić information content (AvgIpc) is 2.92. The molecule has 0 saturated heterocycles. The van der Waals surface area contributed by atoms with E-state index in [-0.39, 0.29) is 23.7 Å². The fourth-order valence-electron chi connectivity index (χ4n) is 2.42. The molecule has 0 bridgehead atoms. The number of aryl methyl sites for hydroxylation is 1. The molecule has 0 aliphatic rings. The zero-order chi connectivity index (χ0) is 17.7. The van der Waals surface area contributed by atoms with Crippen LogP contribution < -0.4 is 4.74 Å². The number of aromatic nitrogens is 1. The van der Waals surface area contributed by atoms with Crippen LogP contribution in [0.15, 0.2) is 30.3 Å². The molecule has 0 amide bonds. The first-order valence-electron chi connectivity index (χ1n) is 7.75. The molecule has 2 rings (SSSR count). The van der Waals surface area contributed by atoms with Gasteiger partial charge in [0.05, 0.1) is 13.7 Å². The minimum atomic E-state index is -0.544. The molecule has 0 radical (unpaired) electrons. The lowest BCUT2D eigenvalue weighted by Crippen LogP contribution is -2.16. The fraction of sp³-hybridized carbons (Fsp3) is 0.333. The van der Waals surface area contributed by atoms with Crippen molar-refractivity contribution in [1.82, 2.24) is 4.57 Å². The largest absolute Gasteiger partial charge is 0.464 e. The van der Waals surface area contributed by atoms with Crippen molar-refractivity contribution in [2.24, 2.45) is 0 Å². The predicted octanol–water partition coefficient (Wildman–Crippen LogP) is 3.57. The van der Waals surface area contributed by atoms with Gasteiger partial charge in [0.25, 0.3) is 0 Å². The SMILES string of the molecule is CCOC(=O)c1c(Oc2cccc(C)c2)cc(C(=O)OC)n1CC. The third-order valence-corrected chi connectivity index (χ3v) is 3.46. The number of carbonyl (C=O) groups excluding carboxylic acids is 2. The number of methoxy groups -OCH3 is 1. The number of ether oxygens (including phenoxy) is 3. The zero-order valence-electron chi connectivity index (χ0n) is 14.3. The second kappa shape index (κ2) is 7.68. The Balaban J connectivity index is 2.53. The van der Waals surface area contributed by atoms with Crippen LogP contribution in [0.1, 0.15) is 40.4 Å². The molecule has 2 aromatic rings. The molecule has 24 heavy (non-hydrogen) atoms. The number of nitrogens with zero attached hydrogens (tertiary/aromatic N) is 1. The lowest BCUT2D eigenvalue weighted by Gasteiger charge is -2.11. The third kappa shape index (κ3) is 3.59. The third-order valence-electron chi connectivity index (χ3n) is 3.46. The van der Waals surface area contributed by atoms with E-state index in [0.717, 1.165) is 5.56 Å². The number of carbonyl (C=O) groups is 2. The summed E-state index contributed by atoms with van der Waals surface area (Å²) < 4.78 is 17.3. The Morgan fingerprint density at radius 1 is 1.12 bits per heavy atom. The molecule has 0 unspecified atom stereocenters. The van der Waals surface area contributed by atoms with Gasteiger partial charge in [-0.05, 0) is 38.5 Å². The Bertz CT molecular complexity index is 748. The molecule has 0 fully saturated rings. The maximum absolute atomic E-state index is 12.4. The van der Waals surface area contributed by atoms with Crippen LogP contribution in [0.25, 0.3) is 0 Å². The average molecular weight is 331 g/mol. The van der Waals surface area contributed by atoms with Gasteiger partial charge in [-0.25, -0.2) is 9.59 Å². The lowest BCUT2D eigenvalue weighted by molar-refractivity contribution is 0.0509. The Hall–Kier alpha value is -2.76. The minimum absolute atomic E-state index is 0.196. The van der Waals surface area contributed by atoms with Crippen molar-refractivity contribution in [3.8, 4) is 11.5 Å². The highest BCUT2D eigenvalue weighted by atomic mass is 16.5. The van der Waals surface area contributed by atoms with Crippen LogP contribution in [0.4, 0.5) is 0 Å². The van der Waals surface area contributed by atoms with Crippen molar-refractivity contribution >= 4 is 11.9 Å². The van der Waals surface area contributed by atoms with Gasteiger partial charge in [0.15, 0.2) is 11.4 Å². The van der Waals surface area contributed by atoms with Gasteiger partial charge in [0.1, 0.15) is 11.4 Å². The number of esters is 2. The van der Waals surface area contributed by atoms with Crippen molar-refractivity contribution in [3.63, 3.8) is 0 Å². The van der Waals surface area contributed by atoms with Crippen LogP contribution in [-0.2, 0) is 16.0 Å². The highest BCUT2D eigenvalue weighted by Gasteiger charge is 2.27. The van der Waals surface area contributed by atoms with Gasteiger partial charge in [-0.15, -0.1) is 0 Å². The van der Waals surface area contributed by atoms with Crippen LogP contribution in [0.5, 0.6) is 11.5 Å². The van der Waals surface area contributed by atoms with Gasteiger partial charge in [-0.3, -0.25) is 0 Å². The van der Waals surface area contributed by atoms with E-state index >= 15 is 0 Å². The van der Waals surface area contributed by atoms with Gasteiger partial charge in [-0.2, -0.15) is 0 Å². The number of rotatable bonds is 6. The van der Waals surface area contributed by atoms with Gasteiger partial charge in [-0.1, -0.05) is 12.1 Å². The van der Waals surface area contributed by atoms with E-state index in [2.05, 4.69) is 0 Å². The first-order chi connectivity index (χ1) is 11.5. The van der Waals surface area contributed by atoms with Crippen LogP contribution in [0.2, 0.25) is 0 Å². The molecule has 0 aliphatic carbocycles. The monoisotopic (exact) mass is 331 g/mol. The van der Waals surface area contributed by atoms with Crippen LogP contribution >= 0.6 is 0 Å².